The molecule has 0 atom stereocenters. The monoisotopic (exact) mass is 470 g/mol. The molecule has 36 heavy (non-hydrogen) atoms. The summed E-state index contributed by atoms with van der Waals surface area (Å²) in [6, 6.07) is 30.3. The molecule has 0 amide bonds. The zero-order valence-electron chi connectivity index (χ0n) is 20.6. The highest BCUT2D eigenvalue weighted by molar-refractivity contribution is 6.14. The molecule has 2 aromatic heterocycles. The fourth-order valence-corrected chi connectivity index (χ4v) is 4.33. The van der Waals surface area contributed by atoms with Gasteiger partial charge in [0.15, 0.2) is 5.82 Å². The third-order valence-corrected chi connectivity index (χ3v) is 6.29. The second-order valence-electron chi connectivity index (χ2n) is 8.59. The zero-order chi connectivity index (χ0) is 25.1. The van der Waals surface area contributed by atoms with Crippen LogP contribution in [0.25, 0.3) is 11.0 Å². The number of fused-ring (bicyclic) bond motifs is 1. The number of aryl methyl sites for hydroxylation is 2. The Kier molecular flexibility index (Phi) is 6.29. The molecular formula is C30H26N6. The van der Waals surface area contributed by atoms with Gasteiger partial charge in [-0.15, -0.1) is 0 Å². The van der Waals surface area contributed by atoms with Crippen LogP contribution in [0.2, 0.25) is 0 Å². The standard InChI is InChI=1S/C30H26N6/c1-4-22-17-21(19-31)15-16-25(22)36(3)27-18-26-29(32-20-35(26)2)30(33-27)34-28(23-11-7-5-8-12-23)24-13-9-6-10-14-24/h5-18,20H,4H2,1-3H3. The third-order valence-electron chi connectivity index (χ3n) is 6.29. The lowest BCUT2D eigenvalue weighted by atomic mass is 10.0. The highest BCUT2D eigenvalue weighted by atomic mass is 15.2. The van der Waals surface area contributed by atoms with Crippen LogP contribution in [0.4, 0.5) is 17.3 Å². The van der Waals surface area contributed by atoms with E-state index in [1.807, 2.05) is 79.3 Å². The molecule has 5 rings (SSSR count). The van der Waals surface area contributed by atoms with Gasteiger partial charge >= 0.3 is 0 Å². The summed E-state index contributed by atoms with van der Waals surface area (Å²) in [6.07, 6.45) is 2.60. The van der Waals surface area contributed by atoms with Crippen molar-refractivity contribution in [1.82, 2.24) is 14.5 Å². The SMILES string of the molecule is CCc1cc(C#N)ccc1N(C)c1cc2c(ncn2C)c(N=C(c2ccccc2)c2ccccc2)n1. The lowest BCUT2D eigenvalue weighted by molar-refractivity contribution is 0.946. The summed E-state index contributed by atoms with van der Waals surface area (Å²) >= 11 is 0. The minimum Gasteiger partial charge on any atom is -0.334 e. The largest absolute Gasteiger partial charge is 0.334 e. The molecule has 0 N–H and O–H groups in total. The van der Waals surface area contributed by atoms with Crippen molar-refractivity contribution < 1.29 is 0 Å². The van der Waals surface area contributed by atoms with Crippen LogP contribution < -0.4 is 4.90 Å². The number of pyridine rings is 1. The topological polar surface area (TPSA) is 70.1 Å². The van der Waals surface area contributed by atoms with Gasteiger partial charge in [-0.25, -0.2) is 15.0 Å². The number of imidazole rings is 1. The average molecular weight is 471 g/mol. The predicted octanol–water partition coefficient (Wildman–Crippen LogP) is 6.34. The Morgan fingerprint density at radius 3 is 2.25 bits per heavy atom. The van der Waals surface area contributed by atoms with Crippen molar-refractivity contribution >= 4 is 34.1 Å². The fourth-order valence-electron chi connectivity index (χ4n) is 4.33. The first-order chi connectivity index (χ1) is 17.6. The van der Waals surface area contributed by atoms with E-state index in [2.05, 4.69) is 47.1 Å². The van der Waals surface area contributed by atoms with E-state index in [1.54, 1.807) is 6.33 Å². The summed E-state index contributed by atoms with van der Waals surface area (Å²) in [6.45, 7) is 2.09. The molecule has 0 radical (unpaired) electrons. The smallest absolute Gasteiger partial charge is 0.183 e. The number of nitrogens with zero attached hydrogens (tertiary/aromatic N) is 6. The lowest BCUT2D eigenvalue weighted by Crippen LogP contribution is -2.14. The van der Waals surface area contributed by atoms with Gasteiger partial charge in [-0.05, 0) is 30.2 Å². The molecule has 6 heteroatoms. The second-order valence-corrected chi connectivity index (χ2v) is 8.59. The summed E-state index contributed by atoms with van der Waals surface area (Å²) in [5.41, 5.74) is 7.28. The Labute approximate surface area is 210 Å². The Hall–Kier alpha value is -4.76. The summed E-state index contributed by atoms with van der Waals surface area (Å²) in [5, 5.41) is 9.34. The van der Waals surface area contributed by atoms with Crippen molar-refractivity contribution in [3.63, 3.8) is 0 Å². The van der Waals surface area contributed by atoms with Crippen molar-refractivity contribution in [1.29, 1.82) is 5.26 Å². The summed E-state index contributed by atoms with van der Waals surface area (Å²) in [7, 11) is 3.97. The molecular weight excluding hydrogens is 444 g/mol. The molecule has 176 valence electrons. The summed E-state index contributed by atoms with van der Waals surface area (Å²) in [5.74, 6) is 1.31. The first-order valence-corrected chi connectivity index (χ1v) is 11.9. The van der Waals surface area contributed by atoms with E-state index in [0.29, 0.717) is 11.4 Å². The van der Waals surface area contributed by atoms with Gasteiger partial charge in [0, 0.05) is 37.0 Å². The first-order valence-electron chi connectivity index (χ1n) is 11.9. The summed E-state index contributed by atoms with van der Waals surface area (Å²) in [4.78, 5) is 16.8. The van der Waals surface area contributed by atoms with Crippen LogP contribution in [-0.4, -0.2) is 27.3 Å². The van der Waals surface area contributed by atoms with Crippen molar-refractivity contribution in [3.8, 4) is 6.07 Å². The van der Waals surface area contributed by atoms with Crippen LogP contribution in [0, 0.1) is 11.3 Å². The average Bonchev–Trinajstić information content (AvgIpc) is 3.32. The maximum atomic E-state index is 9.34. The third kappa shape index (κ3) is 4.35. The number of nitriles is 1. The van der Waals surface area contributed by atoms with Crippen LogP contribution in [-0.2, 0) is 13.5 Å². The zero-order valence-corrected chi connectivity index (χ0v) is 20.6. The molecule has 0 aliphatic carbocycles. The molecule has 0 aliphatic rings. The Balaban J connectivity index is 1.71. The molecule has 5 aromatic rings. The maximum Gasteiger partial charge on any atom is 0.183 e. The highest BCUT2D eigenvalue weighted by Gasteiger charge is 2.17. The number of rotatable bonds is 6. The Morgan fingerprint density at radius 1 is 0.972 bits per heavy atom. The minimum atomic E-state index is 0.560. The molecule has 0 spiro atoms. The van der Waals surface area contributed by atoms with E-state index in [0.717, 1.165) is 51.4 Å². The number of benzene rings is 3. The fraction of sp³-hybridized carbons (Fsp3) is 0.133. The van der Waals surface area contributed by atoms with Crippen LogP contribution in [0.3, 0.4) is 0 Å². The van der Waals surface area contributed by atoms with Crippen molar-refractivity contribution in [2.45, 2.75) is 13.3 Å². The lowest BCUT2D eigenvalue weighted by Gasteiger charge is -2.22. The van der Waals surface area contributed by atoms with Crippen LogP contribution in [0.15, 0.2) is 96.2 Å². The van der Waals surface area contributed by atoms with Crippen molar-refractivity contribution in [2.75, 3.05) is 11.9 Å². The molecule has 0 bridgehead atoms. The van der Waals surface area contributed by atoms with Gasteiger partial charge in [-0.3, -0.25) is 0 Å². The normalized spacial score (nSPS) is 10.7. The Bertz CT molecular complexity index is 1550. The number of anilines is 2. The Morgan fingerprint density at radius 2 is 1.64 bits per heavy atom. The van der Waals surface area contributed by atoms with E-state index >= 15 is 0 Å². The number of aromatic nitrogens is 3. The van der Waals surface area contributed by atoms with Gasteiger partial charge in [0.05, 0.1) is 29.2 Å². The first kappa shape index (κ1) is 23.0. The minimum absolute atomic E-state index is 0.560. The number of hydrogen-bond donors (Lipinski definition) is 0. The van der Waals surface area contributed by atoms with Gasteiger partial charge in [0.2, 0.25) is 0 Å². The summed E-state index contributed by atoms with van der Waals surface area (Å²) < 4.78 is 1.98. The van der Waals surface area contributed by atoms with Crippen LogP contribution in [0.5, 0.6) is 0 Å². The molecule has 6 nitrogen and oxygen atoms in total. The molecule has 3 aromatic carbocycles. The van der Waals surface area contributed by atoms with Gasteiger partial charge in [0.1, 0.15) is 11.3 Å². The van der Waals surface area contributed by atoms with E-state index < -0.39 is 0 Å². The van der Waals surface area contributed by atoms with Gasteiger partial charge in [-0.2, -0.15) is 5.26 Å². The van der Waals surface area contributed by atoms with Crippen LogP contribution in [0.1, 0.15) is 29.2 Å². The van der Waals surface area contributed by atoms with Crippen molar-refractivity contribution in [3.05, 3.63) is 114 Å². The quantitative estimate of drug-likeness (QED) is 0.272. The molecule has 0 saturated carbocycles. The van der Waals surface area contributed by atoms with E-state index in [9.17, 15) is 5.26 Å². The highest BCUT2D eigenvalue weighted by Crippen LogP contribution is 2.33. The predicted molar refractivity (Wildman–Crippen MR) is 145 cm³/mol. The number of aliphatic imine (C=N–C) groups is 1. The van der Waals surface area contributed by atoms with Crippen LogP contribution >= 0.6 is 0 Å². The van der Waals surface area contributed by atoms with Gasteiger partial charge < -0.3 is 9.47 Å². The maximum absolute atomic E-state index is 9.34. The number of hydrogen-bond acceptors (Lipinski definition) is 5. The molecule has 0 aliphatic heterocycles. The van der Waals surface area contributed by atoms with Crippen molar-refractivity contribution in [2.24, 2.45) is 12.0 Å². The molecule has 0 unspecified atom stereocenters. The van der Waals surface area contributed by atoms with E-state index in [-0.39, 0.29) is 0 Å². The molecule has 2 heterocycles. The molecule has 0 fully saturated rings. The molecule has 0 saturated heterocycles. The van der Waals surface area contributed by atoms with E-state index in [1.165, 1.54) is 0 Å². The second kappa shape index (κ2) is 9.85. The van der Waals surface area contributed by atoms with Gasteiger partial charge in [-0.1, -0.05) is 67.6 Å². The van der Waals surface area contributed by atoms with Gasteiger partial charge in [0.25, 0.3) is 0 Å². The van der Waals surface area contributed by atoms with E-state index in [4.69, 9.17) is 9.98 Å².